The predicted molar refractivity (Wildman–Crippen MR) is 100 cm³/mol. The molecule has 1 aliphatic rings. The summed E-state index contributed by atoms with van der Waals surface area (Å²) in [5.74, 6) is 0.138. The van der Waals surface area contributed by atoms with E-state index in [1.165, 1.54) is 0 Å². The Kier molecular flexibility index (Phi) is 5.54. The van der Waals surface area contributed by atoms with Crippen molar-refractivity contribution in [3.05, 3.63) is 63.1 Å². The summed E-state index contributed by atoms with van der Waals surface area (Å²) in [5, 5.41) is 1.95. The number of nitrogens with zero attached hydrogens (tertiary/aromatic N) is 2. The lowest BCUT2D eigenvalue weighted by Crippen LogP contribution is -2.49. The van der Waals surface area contributed by atoms with Crippen LogP contribution in [0.15, 0.2) is 42.5 Å². The first kappa shape index (κ1) is 17.4. The third-order valence-corrected chi connectivity index (χ3v) is 4.94. The Hall–Kier alpha value is -1.42. The van der Waals surface area contributed by atoms with Gasteiger partial charge in [-0.05, 0) is 35.9 Å². The van der Waals surface area contributed by atoms with Crippen LogP contribution in [-0.2, 0) is 11.2 Å². The fourth-order valence-electron chi connectivity index (χ4n) is 2.82. The van der Waals surface area contributed by atoms with Gasteiger partial charge in [0.25, 0.3) is 0 Å². The summed E-state index contributed by atoms with van der Waals surface area (Å²) < 4.78 is 0. The van der Waals surface area contributed by atoms with Crippen molar-refractivity contribution in [2.24, 2.45) is 0 Å². The van der Waals surface area contributed by atoms with Gasteiger partial charge in [-0.2, -0.15) is 0 Å². The summed E-state index contributed by atoms with van der Waals surface area (Å²) in [5.41, 5.74) is 1.94. The molecule has 24 heavy (non-hydrogen) atoms. The highest BCUT2D eigenvalue weighted by atomic mass is 35.5. The molecule has 0 N–H and O–H groups in total. The van der Waals surface area contributed by atoms with Gasteiger partial charge in [0.2, 0.25) is 5.91 Å². The van der Waals surface area contributed by atoms with Crippen LogP contribution in [0.1, 0.15) is 5.56 Å². The highest BCUT2D eigenvalue weighted by molar-refractivity contribution is 6.36. The van der Waals surface area contributed by atoms with Crippen molar-refractivity contribution in [2.45, 2.75) is 6.42 Å². The largest absolute Gasteiger partial charge is 0.367 e. The molecule has 1 aliphatic heterocycles. The number of piperazine rings is 1. The van der Waals surface area contributed by atoms with E-state index in [-0.39, 0.29) is 5.91 Å². The zero-order valence-electron chi connectivity index (χ0n) is 13.0. The topological polar surface area (TPSA) is 23.6 Å². The molecule has 0 bridgehead atoms. The van der Waals surface area contributed by atoms with Gasteiger partial charge < -0.3 is 9.80 Å². The van der Waals surface area contributed by atoms with Gasteiger partial charge in [-0.3, -0.25) is 4.79 Å². The van der Waals surface area contributed by atoms with Crippen LogP contribution >= 0.6 is 34.8 Å². The molecule has 0 atom stereocenters. The molecule has 3 nitrogen and oxygen atoms in total. The third kappa shape index (κ3) is 4.15. The highest BCUT2D eigenvalue weighted by Gasteiger charge is 2.22. The summed E-state index contributed by atoms with van der Waals surface area (Å²) in [4.78, 5) is 16.5. The molecule has 126 valence electrons. The predicted octanol–water partition coefficient (Wildman–Crippen LogP) is 4.54. The maximum Gasteiger partial charge on any atom is 0.227 e. The molecule has 0 unspecified atom stereocenters. The van der Waals surface area contributed by atoms with E-state index in [0.29, 0.717) is 34.6 Å². The van der Waals surface area contributed by atoms with E-state index >= 15 is 0 Å². The molecular formula is C18H17Cl3N2O. The van der Waals surface area contributed by atoms with Crippen LogP contribution in [0.2, 0.25) is 15.1 Å². The lowest BCUT2D eigenvalue weighted by Gasteiger charge is -2.36. The van der Waals surface area contributed by atoms with E-state index in [9.17, 15) is 4.79 Å². The lowest BCUT2D eigenvalue weighted by molar-refractivity contribution is -0.130. The van der Waals surface area contributed by atoms with Crippen LogP contribution in [0.5, 0.6) is 0 Å². The average Bonchev–Trinajstić information content (AvgIpc) is 2.57. The van der Waals surface area contributed by atoms with Crippen molar-refractivity contribution < 1.29 is 4.79 Å². The number of halogens is 3. The van der Waals surface area contributed by atoms with Crippen molar-refractivity contribution in [3.63, 3.8) is 0 Å². The van der Waals surface area contributed by atoms with Gasteiger partial charge in [0, 0.05) is 36.2 Å². The summed E-state index contributed by atoms with van der Waals surface area (Å²) >= 11 is 18.1. The summed E-state index contributed by atoms with van der Waals surface area (Å²) in [6.07, 6.45) is 0.402. The average molecular weight is 384 g/mol. The molecule has 0 saturated carbocycles. The van der Waals surface area contributed by atoms with Crippen LogP contribution in [0.25, 0.3) is 0 Å². The number of carbonyl (C=O) groups is 1. The second kappa shape index (κ2) is 7.64. The van der Waals surface area contributed by atoms with Crippen LogP contribution in [0, 0.1) is 0 Å². The molecule has 0 spiro atoms. The molecular weight excluding hydrogens is 367 g/mol. The van der Waals surface area contributed by atoms with Crippen LogP contribution < -0.4 is 4.90 Å². The fourth-order valence-corrected chi connectivity index (χ4v) is 3.48. The number of hydrogen-bond donors (Lipinski definition) is 0. The minimum absolute atomic E-state index is 0.138. The lowest BCUT2D eigenvalue weighted by atomic mass is 10.1. The zero-order valence-corrected chi connectivity index (χ0v) is 15.3. The Bertz CT molecular complexity index is 726. The minimum atomic E-state index is 0.138. The number of rotatable bonds is 3. The smallest absolute Gasteiger partial charge is 0.227 e. The summed E-state index contributed by atoms with van der Waals surface area (Å²) in [6, 6.07) is 12.9. The normalized spacial score (nSPS) is 14.8. The Balaban J connectivity index is 1.58. The first-order valence-corrected chi connectivity index (χ1v) is 8.88. The van der Waals surface area contributed by atoms with Crippen molar-refractivity contribution in [2.75, 3.05) is 31.1 Å². The van der Waals surface area contributed by atoms with E-state index in [1.54, 1.807) is 6.07 Å². The number of anilines is 1. The molecule has 1 saturated heterocycles. The van der Waals surface area contributed by atoms with E-state index < -0.39 is 0 Å². The van der Waals surface area contributed by atoms with E-state index in [1.807, 2.05) is 41.3 Å². The first-order chi connectivity index (χ1) is 11.5. The van der Waals surface area contributed by atoms with Crippen molar-refractivity contribution in [1.29, 1.82) is 0 Å². The van der Waals surface area contributed by atoms with Gasteiger partial charge in [-0.25, -0.2) is 0 Å². The zero-order chi connectivity index (χ0) is 17.1. The van der Waals surface area contributed by atoms with Gasteiger partial charge >= 0.3 is 0 Å². The SMILES string of the molecule is O=C(Cc1ccc(Cl)cc1)N1CCN(c2ccc(Cl)cc2Cl)CC1. The van der Waals surface area contributed by atoms with E-state index in [2.05, 4.69) is 4.90 Å². The molecule has 2 aromatic carbocycles. The molecule has 1 fully saturated rings. The van der Waals surface area contributed by atoms with Crippen LogP contribution in [0.4, 0.5) is 5.69 Å². The highest BCUT2D eigenvalue weighted by Crippen LogP contribution is 2.29. The Labute approximate surface area is 156 Å². The number of amides is 1. The number of hydrogen-bond acceptors (Lipinski definition) is 2. The number of carbonyl (C=O) groups excluding carboxylic acids is 1. The molecule has 0 aromatic heterocycles. The molecule has 1 heterocycles. The van der Waals surface area contributed by atoms with E-state index in [0.717, 1.165) is 24.3 Å². The summed E-state index contributed by atoms with van der Waals surface area (Å²) in [6.45, 7) is 2.89. The van der Waals surface area contributed by atoms with Gasteiger partial charge in [0.15, 0.2) is 0 Å². The standard InChI is InChI=1S/C18H17Cl3N2O/c19-14-3-1-13(2-4-14)11-18(24)23-9-7-22(8-10-23)17-6-5-15(20)12-16(17)21/h1-6,12H,7-11H2. The maximum absolute atomic E-state index is 12.4. The molecule has 0 aliphatic carbocycles. The van der Waals surface area contributed by atoms with Crippen LogP contribution in [0.3, 0.4) is 0 Å². The Morgan fingerprint density at radius 3 is 2.12 bits per heavy atom. The molecule has 3 rings (SSSR count). The van der Waals surface area contributed by atoms with Gasteiger partial charge in [-0.15, -0.1) is 0 Å². The molecule has 1 amide bonds. The monoisotopic (exact) mass is 382 g/mol. The van der Waals surface area contributed by atoms with Crippen molar-refractivity contribution in [1.82, 2.24) is 4.90 Å². The second-order valence-corrected chi connectivity index (χ2v) is 7.05. The maximum atomic E-state index is 12.4. The first-order valence-electron chi connectivity index (χ1n) is 7.75. The minimum Gasteiger partial charge on any atom is -0.367 e. The van der Waals surface area contributed by atoms with Crippen molar-refractivity contribution in [3.8, 4) is 0 Å². The van der Waals surface area contributed by atoms with Crippen molar-refractivity contribution >= 4 is 46.4 Å². The van der Waals surface area contributed by atoms with Gasteiger partial charge in [0.05, 0.1) is 17.1 Å². The number of benzene rings is 2. The summed E-state index contributed by atoms with van der Waals surface area (Å²) in [7, 11) is 0. The van der Waals surface area contributed by atoms with Gasteiger partial charge in [-0.1, -0.05) is 46.9 Å². The van der Waals surface area contributed by atoms with Crippen LogP contribution in [-0.4, -0.2) is 37.0 Å². The fraction of sp³-hybridized carbons (Fsp3) is 0.278. The molecule has 2 aromatic rings. The molecule has 0 radical (unpaired) electrons. The Morgan fingerprint density at radius 1 is 0.875 bits per heavy atom. The third-order valence-electron chi connectivity index (χ3n) is 4.15. The Morgan fingerprint density at radius 2 is 1.50 bits per heavy atom. The second-order valence-electron chi connectivity index (χ2n) is 5.77. The van der Waals surface area contributed by atoms with E-state index in [4.69, 9.17) is 34.8 Å². The molecule has 6 heteroatoms. The van der Waals surface area contributed by atoms with Gasteiger partial charge in [0.1, 0.15) is 0 Å². The quantitative estimate of drug-likeness (QED) is 0.777.